The number of ether oxygens (including phenoxy) is 1. The molecule has 172 valence electrons. The lowest BCUT2D eigenvalue weighted by Crippen LogP contribution is -2.55. The molecule has 2 heterocycles. The summed E-state index contributed by atoms with van der Waals surface area (Å²) in [5.74, 6) is 0. The number of thiazole rings is 1. The van der Waals surface area contributed by atoms with Crippen LogP contribution in [0.15, 0.2) is 24.4 Å². The van der Waals surface area contributed by atoms with E-state index in [0.717, 1.165) is 17.0 Å². The van der Waals surface area contributed by atoms with Crippen molar-refractivity contribution in [3.05, 3.63) is 50.4 Å². The first-order valence-electron chi connectivity index (χ1n) is 11.0. The lowest BCUT2D eigenvalue weighted by atomic mass is 9.90. The molecule has 0 bridgehead atoms. The van der Waals surface area contributed by atoms with Gasteiger partial charge in [0.25, 0.3) is 0 Å². The van der Waals surface area contributed by atoms with Gasteiger partial charge < -0.3 is 25.2 Å². The minimum atomic E-state index is -1.41. The van der Waals surface area contributed by atoms with Crippen molar-refractivity contribution in [1.82, 2.24) is 4.98 Å². The van der Waals surface area contributed by atoms with Gasteiger partial charge in [-0.25, -0.2) is 4.98 Å². The molecule has 6 nitrogen and oxygen atoms in total. The number of unbranched alkanes of at least 4 members (excludes halogenated alkanes) is 4. The van der Waals surface area contributed by atoms with E-state index in [4.69, 9.17) is 16.3 Å². The van der Waals surface area contributed by atoms with Crippen molar-refractivity contribution in [3.8, 4) is 0 Å². The van der Waals surface area contributed by atoms with Gasteiger partial charge in [0.2, 0.25) is 0 Å². The minimum Gasteiger partial charge on any atom is -0.394 e. The van der Waals surface area contributed by atoms with Gasteiger partial charge >= 0.3 is 0 Å². The molecule has 8 heteroatoms. The number of halogens is 1. The molecule has 3 rings (SSSR count). The predicted molar refractivity (Wildman–Crippen MR) is 122 cm³/mol. The van der Waals surface area contributed by atoms with Gasteiger partial charge in [-0.1, -0.05) is 56.3 Å². The lowest BCUT2D eigenvalue weighted by molar-refractivity contribution is -0.231. The molecule has 0 unspecified atom stereocenters. The van der Waals surface area contributed by atoms with Crippen LogP contribution in [0.3, 0.4) is 0 Å². The summed E-state index contributed by atoms with van der Waals surface area (Å²) >= 11 is 8.10. The highest BCUT2D eigenvalue weighted by Crippen LogP contribution is 2.34. The molecular formula is C23H32ClNO5S. The second-order valence-corrected chi connectivity index (χ2v) is 9.77. The molecule has 5 atom stereocenters. The minimum absolute atomic E-state index is 0.456. The van der Waals surface area contributed by atoms with Crippen molar-refractivity contribution in [3.63, 3.8) is 0 Å². The summed E-state index contributed by atoms with van der Waals surface area (Å²) in [6, 6.07) is 5.29. The number of nitrogens with zero attached hydrogens (tertiary/aromatic N) is 1. The van der Waals surface area contributed by atoms with E-state index in [1.165, 1.54) is 37.0 Å². The largest absolute Gasteiger partial charge is 0.394 e. The van der Waals surface area contributed by atoms with Crippen molar-refractivity contribution in [1.29, 1.82) is 0 Å². The molecule has 0 saturated carbocycles. The topological polar surface area (TPSA) is 103 Å². The molecule has 4 N–H and O–H groups in total. The van der Waals surface area contributed by atoms with E-state index in [-0.39, 0.29) is 0 Å². The zero-order valence-electron chi connectivity index (χ0n) is 17.8. The summed E-state index contributed by atoms with van der Waals surface area (Å²) in [6.07, 6.45) is 3.86. The first-order valence-corrected chi connectivity index (χ1v) is 12.2. The molecular weight excluding hydrogens is 438 g/mol. The van der Waals surface area contributed by atoms with Crippen molar-refractivity contribution in [2.24, 2.45) is 0 Å². The average molecular weight is 470 g/mol. The van der Waals surface area contributed by atoms with Crippen molar-refractivity contribution in [2.45, 2.75) is 82.4 Å². The third-order valence-electron chi connectivity index (χ3n) is 5.76. The first kappa shape index (κ1) is 24.6. The van der Waals surface area contributed by atoms with Crippen LogP contribution in [0.25, 0.3) is 0 Å². The molecule has 0 aliphatic carbocycles. The van der Waals surface area contributed by atoms with E-state index in [9.17, 15) is 20.4 Å². The molecule has 1 aromatic carbocycles. The number of benzene rings is 1. The summed E-state index contributed by atoms with van der Waals surface area (Å²) in [6.45, 7) is 1.76. The number of hydrogen-bond donors (Lipinski definition) is 4. The van der Waals surface area contributed by atoms with Crippen LogP contribution in [0.2, 0.25) is 5.02 Å². The number of rotatable bonds is 10. The second kappa shape index (κ2) is 11.7. The zero-order valence-corrected chi connectivity index (χ0v) is 19.4. The van der Waals surface area contributed by atoms with E-state index >= 15 is 0 Å². The van der Waals surface area contributed by atoms with Crippen LogP contribution < -0.4 is 0 Å². The smallest absolute Gasteiger partial charge is 0.113 e. The van der Waals surface area contributed by atoms with Gasteiger partial charge in [0.15, 0.2) is 0 Å². The van der Waals surface area contributed by atoms with E-state index in [1.54, 1.807) is 23.5 Å². The van der Waals surface area contributed by atoms with Crippen LogP contribution >= 0.6 is 22.9 Å². The molecule has 1 aromatic heterocycles. The zero-order chi connectivity index (χ0) is 22.4. The van der Waals surface area contributed by atoms with Crippen molar-refractivity contribution < 1.29 is 25.2 Å². The van der Waals surface area contributed by atoms with Crippen molar-refractivity contribution >= 4 is 22.9 Å². The Kier molecular flexibility index (Phi) is 9.28. The highest BCUT2D eigenvalue weighted by Gasteiger charge is 2.44. The van der Waals surface area contributed by atoms with Crippen LogP contribution in [0.1, 0.15) is 66.1 Å². The van der Waals surface area contributed by atoms with E-state index in [0.29, 0.717) is 17.0 Å². The van der Waals surface area contributed by atoms with Gasteiger partial charge in [-0.05, 0) is 30.0 Å². The summed E-state index contributed by atoms with van der Waals surface area (Å²) < 4.78 is 5.67. The molecule has 31 heavy (non-hydrogen) atoms. The van der Waals surface area contributed by atoms with Gasteiger partial charge in [-0.15, -0.1) is 11.3 Å². The lowest BCUT2D eigenvalue weighted by Gasteiger charge is -2.40. The molecule has 1 aliphatic rings. The Balaban J connectivity index is 1.68. The molecule has 0 spiro atoms. The highest BCUT2D eigenvalue weighted by atomic mass is 35.5. The Morgan fingerprint density at radius 3 is 2.58 bits per heavy atom. The quantitative estimate of drug-likeness (QED) is 0.397. The van der Waals surface area contributed by atoms with Crippen LogP contribution in [0.5, 0.6) is 0 Å². The SMILES string of the molecule is CCCCCCCc1cnc(Cc2cc([C@@H]3O[C@H](CO)[C@@H](O)[C@H](O)[C@H]3O)ccc2Cl)s1. The van der Waals surface area contributed by atoms with E-state index in [1.807, 2.05) is 12.3 Å². The van der Waals surface area contributed by atoms with Crippen LogP contribution in [0, 0.1) is 0 Å². The normalized spacial score (nSPS) is 26.3. The van der Waals surface area contributed by atoms with Crippen LogP contribution in [-0.4, -0.2) is 56.4 Å². The fraction of sp³-hybridized carbons (Fsp3) is 0.609. The average Bonchev–Trinajstić information content (AvgIpc) is 3.21. The maximum absolute atomic E-state index is 10.4. The van der Waals surface area contributed by atoms with Gasteiger partial charge in [0.1, 0.15) is 30.5 Å². The molecule has 1 aliphatic heterocycles. The fourth-order valence-corrected chi connectivity index (χ4v) is 5.07. The molecule has 0 radical (unpaired) electrons. The van der Waals surface area contributed by atoms with E-state index in [2.05, 4.69) is 11.9 Å². The third-order valence-corrected chi connectivity index (χ3v) is 7.19. The number of aromatic nitrogens is 1. The molecule has 1 saturated heterocycles. The Hall–Kier alpha value is -1.06. The second-order valence-electron chi connectivity index (χ2n) is 8.16. The van der Waals surface area contributed by atoms with E-state index < -0.39 is 37.1 Å². The first-order chi connectivity index (χ1) is 14.9. The van der Waals surface area contributed by atoms with Gasteiger partial charge in [0.05, 0.1) is 11.6 Å². The Morgan fingerprint density at radius 2 is 1.84 bits per heavy atom. The van der Waals surface area contributed by atoms with Gasteiger partial charge in [-0.3, -0.25) is 0 Å². The molecule has 0 amide bonds. The Bertz CT molecular complexity index is 830. The van der Waals surface area contributed by atoms with Gasteiger partial charge in [0, 0.05) is 22.5 Å². The summed E-state index contributed by atoms with van der Waals surface area (Å²) in [5.41, 5.74) is 1.48. The Labute approximate surface area is 192 Å². The molecule has 2 aromatic rings. The predicted octanol–water partition coefficient (Wildman–Crippen LogP) is 3.42. The summed E-state index contributed by atoms with van der Waals surface area (Å²) in [4.78, 5) is 5.82. The fourth-order valence-electron chi connectivity index (χ4n) is 3.90. The number of aryl methyl sites for hydroxylation is 1. The summed E-state index contributed by atoms with van der Waals surface area (Å²) in [7, 11) is 0. The third kappa shape index (κ3) is 6.26. The number of aliphatic hydroxyl groups excluding tert-OH is 4. The van der Waals surface area contributed by atoms with Crippen molar-refractivity contribution in [2.75, 3.05) is 6.61 Å². The maximum atomic E-state index is 10.4. The number of hydrogen-bond acceptors (Lipinski definition) is 7. The maximum Gasteiger partial charge on any atom is 0.113 e. The van der Waals surface area contributed by atoms with Gasteiger partial charge in [-0.2, -0.15) is 0 Å². The standard InChI is InChI=1S/C23H32ClNO5S/c1-2-3-4-5-6-7-16-12-25-19(31-16)11-15-10-14(8-9-17(15)24)23-22(29)21(28)20(27)18(13-26)30-23/h8-10,12,18,20-23,26-29H,2-7,11,13H2,1H3/t18-,20-,21+,22-,23+/m1/s1. The Morgan fingerprint density at radius 1 is 1.06 bits per heavy atom. The van der Waals surface area contributed by atoms with Crippen LogP contribution in [-0.2, 0) is 17.6 Å². The monoisotopic (exact) mass is 469 g/mol. The summed E-state index contributed by atoms with van der Waals surface area (Å²) in [5, 5.41) is 41.5. The molecule has 1 fully saturated rings. The number of aliphatic hydroxyl groups is 4. The van der Waals surface area contributed by atoms with Crippen LogP contribution in [0.4, 0.5) is 0 Å². The highest BCUT2D eigenvalue weighted by molar-refractivity contribution is 7.11.